The number of benzene rings is 2. The summed E-state index contributed by atoms with van der Waals surface area (Å²) in [5, 5.41) is 5.98. The fourth-order valence-electron chi connectivity index (χ4n) is 3.20. The predicted octanol–water partition coefficient (Wildman–Crippen LogP) is 3.95. The predicted molar refractivity (Wildman–Crippen MR) is 127 cm³/mol. The molecule has 0 radical (unpaired) electrons. The van der Waals surface area contributed by atoms with E-state index < -0.39 is 0 Å². The number of nitrogens with two attached hydrogens (primary N) is 1. The van der Waals surface area contributed by atoms with Crippen molar-refractivity contribution in [2.45, 2.75) is 26.2 Å². The second kappa shape index (κ2) is 10.9. The maximum atomic E-state index is 12.0. The Morgan fingerprint density at radius 2 is 1.97 bits per heavy atom. The lowest BCUT2D eigenvalue weighted by Gasteiger charge is -2.24. The van der Waals surface area contributed by atoms with E-state index in [0.717, 1.165) is 17.0 Å². The van der Waals surface area contributed by atoms with Crippen LogP contribution in [0.3, 0.4) is 0 Å². The molecule has 0 spiro atoms. The molecule has 1 aliphatic heterocycles. The van der Waals surface area contributed by atoms with Crippen molar-refractivity contribution in [3.63, 3.8) is 0 Å². The number of halogens is 1. The zero-order valence-electron chi connectivity index (χ0n) is 16.6. The normalized spacial score (nSPS) is 15.6. The van der Waals surface area contributed by atoms with Gasteiger partial charge in [-0.25, -0.2) is 0 Å². The van der Waals surface area contributed by atoms with Crippen molar-refractivity contribution >= 4 is 47.2 Å². The van der Waals surface area contributed by atoms with Crippen LogP contribution in [0.15, 0.2) is 47.5 Å². The maximum Gasteiger partial charge on any atom is 0.225 e. The van der Waals surface area contributed by atoms with E-state index in [1.165, 1.54) is 0 Å². The standard InChI is InChI=1S/C21H26N4O3.HI/c1-3-27-15-9-10-19(28-4-2)18(12-15)25-21(22)23-13-14-11-20(26)24-17-8-6-5-7-16(14)17;/h5-10,12,14H,3-4,11,13H2,1-2H3,(H,24,26)(H3,22,23,25);1H. The topological polar surface area (TPSA) is 98.0 Å². The molecule has 1 unspecified atom stereocenters. The molecule has 2 aromatic carbocycles. The first kappa shape index (κ1) is 22.8. The van der Waals surface area contributed by atoms with Crippen molar-refractivity contribution in [2.75, 3.05) is 30.4 Å². The van der Waals surface area contributed by atoms with Gasteiger partial charge in [-0.05, 0) is 37.6 Å². The highest BCUT2D eigenvalue weighted by Gasteiger charge is 2.24. The first-order chi connectivity index (χ1) is 13.6. The molecule has 0 fully saturated rings. The van der Waals surface area contributed by atoms with Gasteiger partial charge in [-0.15, -0.1) is 24.0 Å². The van der Waals surface area contributed by atoms with Crippen LogP contribution in [-0.2, 0) is 4.79 Å². The van der Waals surface area contributed by atoms with Gasteiger partial charge in [-0.3, -0.25) is 9.79 Å². The van der Waals surface area contributed by atoms with Crippen LogP contribution in [0, 0.1) is 0 Å². The summed E-state index contributed by atoms with van der Waals surface area (Å²) in [6.07, 6.45) is 0.387. The molecule has 1 atom stereocenters. The number of aliphatic imine (C=N–C) groups is 1. The van der Waals surface area contributed by atoms with Crippen molar-refractivity contribution < 1.29 is 14.3 Å². The summed E-state index contributed by atoms with van der Waals surface area (Å²) in [6, 6.07) is 13.3. The number of anilines is 2. The summed E-state index contributed by atoms with van der Waals surface area (Å²) in [6.45, 7) is 5.37. The lowest BCUT2D eigenvalue weighted by atomic mass is 9.91. The van der Waals surface area contributed by atoms with Gasteiger partial charge in [-0.1, -0.05) is 18.2 Å². The van der Waals surface area contributed by atoms with Gasteiger partial charge in [0.15, 0.2) is 5.96 Å². The van der Waals surface area contributed by atoms with Crippen molar-refractivity contribution in [1.82, 2.24) is 0 Å². The molecule has 7 nitrogen and oxygen atoms in total. The van der Waals surface area contributed by atoms with Gasteiger partial charge in [-0.2, -0.15) is 0 Å². The van der Waals surface area contributed by atoms with E-state index >= 15 is 0 Å². The number of fused-ring (bicyclic) bond motifs is 1. The molecular formula is C21H27IN4O3. The van der Waals surface area contributed by atoms with E-state index in [-0.39, 0.29) is 41.8 Å². The lowest BCUT2D eigenvalue weighted by molar-refractivity contribution is -0.116. The molecule has 0 saturated heterocycles. The van der Waals surface area contributed by atoms with E-state index in [0.29, 0.717) is 37.6 Å². The number of amides is 1. The molecule has 8 heteroatoms. The number of carbonyl (C=O) groups excluding carboxylic acids is 1. The number of ether oxygens (including phenoxy) is 2. The minimum absolute atomic E-state index is 0. The fraction of sp³-hybridized carbons (Fsp3) is 0.333. The summed E-state index contributed by atoms with van der Waals surface area (Å²) in [4.78, 5) is 16.4. The number of hydrogen-bond acceptors (Lipinski definition) is 4. The largest absolute Gasteiger partial charge is 0.494 e. The average Bonchev–Trinajstić information content (AvgIpc) is 2.68. The van der Waals surface area contributed by atoms with Gasteiger partial charge in [0.05, 0.1) is 25.4 Å². The van der Waals surface area contributed by atoms with Crippen LogP contribution in [0.5, 0.6) is 11.5 Å². The van der Waals surface area contributed by atoms with Crippen molar-refractivity contribution in [2.24, 2.45) is 10.7 Å². The number of guanidine groups is 1. The molecule has 3 rings (SSSR count). The third kappa shape index (κ3) is 5.99. The summed E-state index contributed by atoms with van der Waals surface area (Å²) in [5.41, 5.74) is 8.72. The first-order valence-corrected chi connectivity index (χ1v) is 9.46. The van der Waals surface area contributed by atoms with E-state index in [4.69, 9.17) is 15.2 Å². The summed E-state index contributed by atoms with van der Waals surface area (Å²) < 4.78 is 11.2. The van der Waals surface area contributed by atoms with Crippen molar-refractivity contribution in [1.29, 1.82) is 0 Å². The SMILES string of the molecule is CCOc1ccc(OCC)c(NC(N)=NCC2CC(=O)Nc3ccccc32)c1.I. The Bertz CT molecular complexity index is 873. The van der Waals surface area contributed by atoms with E-state index in [9.17, 15) is 4.79 Å². The Labute approximate surface area is 188 Å². The minimum Gasteiger partial charge on any atom is -0.494 e. The molecule has 0 saturated carbocycles. The zero-order chi connectivity index (χ0) is 19.9. The highest BCUT2D eigenvalue weighted by Crippen LogP contribution is 2.32. The number of nitrogens with zero attached hydrogens (tertiary/aromatic N) is 1. The van der Waals surface area contributed by atoms with Crippen molar-refractivity contribution in [3.05, 3.63) is 48.0 Å². The third-order valence-corrected chi connectivity index (χ3v) is 4.41. The van der Waals surface area contributed by atoms with Gasteiger partial charge in [0, 0.05) is 24.1 Å². The molecule has 156 valence electrons. The Kier molecular flexibility index (Phi) is 8.56. The summed E-state index contributed by atoms with van der Waals surface area (Å²) in [7, 11) is 0. The Morgan fingerprint density at radius 3 is 2.72 bits per heavy atom. The maximum absolute atomic E-state index is 12.0. The van der Waals surface area contributed by atoms with Gasteiger partial charge >= 0.3 is 0 Å². The molecule has 0 aliphatic carbocycles. The van der Waals surface area contributed by atoms with Gasteiger partial charge < -0.3 is 25.8 Å². The Hall–Kier alpha value is -2.49. The Balaban J connectivity index is 0.00000300. The highest BCUT2D eigenvalue weighted by atomic mass is 127. The number of para-hydroxylation sites is 1. The number of nitrogens with one attached hydrogen (secondary N) is 2. The number of hydrogen-bond donors (Lipinski definition) is 3. The minimum atomic E-state index is -0.00794. The molecule has 0 aromatic heterocycles. The van der Waals surface area contributed by atoms with Crippen LogP contribution in [0.1, 0.15) is 31.7 Å². The smallest absolute Gasteiger partial charge is 0.225 e. The van der Waals surface area contributed by atoms with E-state index in [1.807, 2.05) is 56.3 Å². The van der Waals surface area contributed by atoms with Crippen LogP contribution in [-0.4, -0.2) is 31.6 Å². The first-order valence-electron chi connectivity index (χ1n) is 9.46. The van der Waals surface area contributed by atoms with Crippen LogP contribution in [0.2, 0.25) is 0 Å². The third-order valence-electron chi connectivity index (χ3n) is 4.41. The molecule has 2 aromatic rings. The van der Waals surface area contributed by atoms with E-state index in [2.05, 4.69) is 15.6 Å². The highest BCUT2D eigenvalue weighted by molar-refractivity contribution is 14.0. The molecule has 4 N–H and O–H groups in total. The molecule has 29 heavy (non-hydrogen) atoms. The summed E-state index contributed by atoms with van der Waals surface area (Å²) in [5.74, 6) is 1.64. The fourth-order valence-corrected chi connectivity index (χ4v) is 3.20. The summed E-state index contributed by atoms with van der Waals surface area (Å²) >= 11 is 0. The average molecular weight is 510 g/mol. The van der Waals surface area contributed by atoms with Crippen molar-refractivity contribution in [3.8, 4) is 11.5 Å². The van der Waals surface area contributed by atoms with Crippen LogP contribution < -0.4 is 25.8 Å². The van der Waals surface area contributed by atoms with Gasteiger partial charge in [0.25, 0.3) is 0 Å². The molecule has 1 aliphatic rings. The van der Waals surface area contributed by atoms with Gasteiger partial charge in [0.2, 0.25) is 5.91 Å². The molecule has 0 bridgehead atoms. The zero-order valence-corrected chi connectivity index (χ0v) is 18.9. The molecule has 1 amide bonds. The Morgan fingerprint density at radius 1 is 1.21 bits per heavy atom. The monoisotopic (exact) mass is 510 g/mol. The van der Waals surface area contributed by atoms with E-state index in [1.54, 1.807) is 0 Å². The quantitative estimate of drug-likeness (QED) is 0.298. The molecular weight excluding hydrogens is 483 g/mol. The second-order valence-electron chi connectivity index (χ2n) is 6.41. The van der Waals surface area contributed by atoms with Gasteiger partial charge in [0.1, 0.15) is 11.5 Å². The lowest BCUT2D eigenvalue weighted by Crippen LogP contribution is -2.27. The molecule has 1 heterocycles. The number of carbonyl (C=O) groups is 1. The van der Waals surface area contributed by atoms with Crippen LogP contribution >= 0.6 is 24.0 Å². The van der Waals surface area contributed by atoms with Crippen LogP contribution in [0.25, 0.3) is 0 Å². The van der Waals surface area contributed by atoms with Crippen LogP contribution in [0.4, 0.5) is 11.4 Å². The number of rotatable bonds is 7. The second-order valence-corrected chi connectivity index (χ2v) is 6.41.